The minimum atomic E-state index is -3.50. The normalized spacial score (nSPS) is 16.0. The van der Waals surface area contributed by atoms with E-state index in [1.165, 1.54) is 31.4 Å². The van der Waals surface area contributed by atoms with Crippen molar-refractivity contribution >= 4 is 21.5 Å². The summed E-state index contributed by atoms with van der Waals surface area (Å²) in [6.45, 7) is 1.70. The molecule has 1 N–H and O–H groups in total. The number of ether oxygens (including phenoxy) is 1. The van der Waals surface area contributed by atoms with Gasteiger partial charge < -0.3 is 10.1 Å². The number of hydrogen-bond donors (Lipinski definition) is 1. The van der Waals surface area contributed by atoms with Gasteiger partial charge in [-0.15, -0.1) is 0 Å². The fourth-order valence-electron chi connectivity index (χ4n) is 2.45. The third-order valence-corrected chi connectivity index (χ3v) is 4.81. The van der Waals surface area contributed by atoms with E-state index >= 15 is 0 Å². The number of hydrogen-bond acceptors (Lipinski definition) is 5. The number of nitrogens with one attached hydrogen (secondary N) is 1. The Bertz CT molecular complexity index is 792. The molecule has 1 aromatic carbocycles. The largest absolute Gasteiger partial charge is 0.466 e. The minimum absolute atomic E-state index is 0.0655. The van der Waals surface area contributed by atoms with Crippen LogP contribution in [0.25, 0.3) is 5.70 Å². The van der Waals surface area contributed by atoms with Gasteiger partial charge in [0.2, 0.25) is 0 Å². The molecule has 0 amide bonds. The quantitative estimate of drug-likeness (QED) is 0.856. The number of allylic oxidation sites excluding steroid dienone is 1. The van der Waals surface area contributed by atoms with Gasteiger partial charge in [0, 0.05) is 6.26 Å². The predicted molar refractivity (Wildman–Crippen MR) is 85.2 cm³/mol. The van der Waals surface area contributed by atoms with E-state index in [2.05, 4.69) is 5.32 Å². The predicted octanol–water partition coefficient (Wildman–Crippen LogP) is 2.37. The van der Waals surface area contributed by atoms with Crippen LogP contribution in [0.5, 0.6) is 0 Å². The molecule has 0 spiro atoms. The van der Waals surface area contributed by atoms with Gasteiger partial charge in [0.25, 0.3) is 0 Å². The van der Waals surface area contributed by atoms with Crippen LogP contribution in [-0.4, -0.2) is 27.8 Å². The van der Waals surface area contributed by atoms with Gasteiger partial charge in [-0.05, 0) is 55.2 Å². The van der Waals surface area contributed by atoms with Gasteiger partial charge in [-0.2, -0.15) is 0 Å². The third kappa shape index (κ3) is 3.79. The molecule has 0 unspecified atom stereocenters. The molecule has 1 aromatic rings. The zero-order chi connectivity index (χ0) is 17.2. The Morgan fingerprint density at radius 3 is 2.35 bits per heavy atom. The maximum absolute atomic E-state index is 13.2. The molecule has 0 aliphatic carbocycles. The molecule has 2 rings (SSSR count). The first-order chi connectivity index (χ1) is 10.7. The average molecular weight is 339 g/mol. The van der Waals surface area contributed by atoms with E-state index in [1.54, 1.807) is 6.92 Å². The molecule has 23 heavy (non-hydrogen) atoms. The van der Waals surface area contributed by atoms with E-state index in [4.69, 9.17) is 4.74 Å². The number of benzene rings is 1. The van der Waals surface area contributed by atoms with E-state index < -0.39 is 21.6 Å². The Labute approximate surface area is 134 Å². The molecule has 0 aromatic heterocycles. The van der Waals surface area contributed by atoms with Gasteiger partial charge >= 0.3 is 5.97 Å². The first-order valence-corrected chi connectivity index (χ1v) is 8.87. The minimum Gasteiger partial charge on any atom is -0.466 e. The summed E-state index contributed by atoms with van der Waals surface area (Å²) in [7, 11) is -2.23. The summed E-state index contributed by atoms with van der Waals surface area (Å²) in [5, 5.41) is 2.92. The van der Waals surface area contributed by atoms with Gasteiger partial charge in [0.05, 0.1) is 18.4 Å². The molecule has 1 aliphatic heterocycles. The van der Waals surface area contributed by atoms with E-state index in [0.717, 1.165) is 6.26 Å². The number of esters is 1. The van der Waals surface area contributed by atoms with Crippen molar-refractivity contribution < 1.29 is 22.3 Å². The van der Waals surface area contributed by atoms with Gasteiger partial charge in [0.15, 0.2) is 9.84 Å². The molecular weight excluding hydrogens is 321 g/mol. The summed E-state index contributed by atoms with van der Waals surface area (Å²) in [5.41, 5.74) is 1.81. The van der Waals surface area contributed by atoms with Gasteiger partial charge in [-0.3, -0.25) is 0 Å². The van der Waals surface area contributed by atoms with Crippen molar-refractivity contribution in [2.24, 2.45) is 0 Å². The second-order valence-corrected chi connectivity index (χ2v) is 7.31. The number of carbonyl (C=O) groups is 1. The first-order valence-electron chi connectivity index (χ1n) is 6.98. The molecule has 1 heterocycles. The molecule has 124 valence electrons. The van der Waals surface area contributed by atoms with E-state index in [9.17, 15) is 17.6 Å². The van der Waals surface area contributed by atoms with Crippen LogP contribution in [0.1, 0.15) is 25.3 Å². The highest BCUT2D eigenvalue weighted by Crippen LogP contribution is 2.29. The average Bonchev–Trinajstić information content (AvgIpc) is 2.66. The highest BCUT2D eigenvalue weighted by Gasteiger charge is 2.26. The number of methoxy groups -OCH3 is 1. The number of halogens is 1. The Morgan fingerprint density at radius 1 is 1.22 bits per heavy atom. The van der Waals surface area contributed by atoms with Crippen molar-refractivity contribution in [3.05, 3.63) is 51.8 Å². The maximum Gasteiger partial charge on any atom is 0.335 e. The van der Waals surface area contributed by atoms with Crippen molar-refractivity contribution in [1.82, 2.24) is 5.32 Å². The lowest BCUT2D eigenvalue weighted by molar-refractivity contribution is -0.136. The van der Waals surface area contributed by atoms with Crippen molar-refractivity contribution in [3.63, 3.8) is 0 Å². The van der Waals surface area contributed by atoms with Crippen molar-refractivity contribution in [2.45, 2.75) is 19.8 Å². The first kappa shape index (κ1) is 17.2. The Hall–Kier alpha value is -2.15. The number of sulfone groups is 1. The lowest BCUT2D eigenvalue weighted by atomic mass is 10.0. The summed E-state index contributed by atoms with van der Waals surface area (Å²) >= 11 is 0. The van der Waals surface area contributed by atoms with Gasteiger partial charge in [-0.25, -0.2) is 17.6 Å². The molecule has 0 fully saturated rings. The second kappa shape index (κ2) is 6.54. The van der Waals surface area contributed by atoms with Crippen LogP contribution in [0.3, 0.4) is 0 Å². The molecule has 5 nitrogen and oxygen atoms in total. The Balaban J connectivity index is 2.62. The van der Waals surface area contributed by atoms with E-state index in [1.807, 2.05) is 0 Å². The molecule has 7 heteroatoms. The lowest BCUT2D eigenvalue weighted by Crippen LogP contribution is -2.22. The van der Waals surface area contributed by atoms with Crippen LogP contribution in [0.2, 0.25) is 0 Å². The fourth-order valence-corrected chi connectivity index (χ4v) is 3.47. The van der Waals surface area contributed by atoms with Crippen molar-refractivity contribution in [1.29, 1.82) is 0 Å². The fraction of sp³-hybridized carbons (Fsp3) is 0.312. The summed E-state index contributed by atoms with van der Waals surface area (Å²) in [5.74, 6) is -0.961. The van der Waals surface area contributed by atoms with Crippen molar-refractivity contribution in [2.75, 3.05) is 13.4 Å². The molecule has 0 saturated carbocycles. The smallest absolute Gasteiger partial charge is 0.335 e. The molecular formula is C16H18FNO4S. The summed E-state index contributed by atoms with van der Waals surface area (Å²) in [6, 6.07) is 5.48. The lowest BCUT2D eigenvalue weighted by Gasteiger charge is -2.15. The Kier molecular flexibility index (Phi) is 4.89. The molecule has 1 aliphatic rings. The van der Waals surface area contributed by atoms with Crippen LogP contribution in [-0.2, 0) is 19.4 Å². The van der Waals surface area contributed by atoms with Crippen LogP contribution < -0.4 is 5.32 Å². The second-order valence-electron chi connectivity index (χ2n) is 5.36. The SMILES string of the molecule is COC(=O)C1=C(c2ccc(F)cc2)NC(S(C)(=O)=O)=C(C)CC1. The van der Waals surface area contributed by atoms with E-state index in [0.29, 0.717) is 35.2 Å². The number of rotatable bonds is 3. The molecule has 0 saturated heterocycles. The van der Waals surface area contributed by atoms with Crippen LogP contribution in [0.4, 0.5) is 4.39 Å². The summed E-state index contributed by atoms with van der Waals surface area (Å²) in [6.07, 6.45) is 1.84. The zero-order valence-electron chi connectivity index (χ0n) is 13.1. The van der Waals surface area contributed by atoms with E-state index in [-0.39, 0.29) is 5.03 Å². The number of carbonyl (C=O) groups excluding carboxylic acids is 1. The monoisotopic (exact) mass is 339 g/mol. The molecule has 0 radical (unpaired) electrons. The standard InChI is InChI=1S/C16H18FNO4S/c1-10-4-9-13(16(19)22-2)14(18-15(10)23(3,20)21)11-5-7-12(17)8-6-11/h5-8,18H,4,9H2,1-3H3. The summed E-state index contributed by atoms with van der Waals surface area (Å²) in [4.78, 5) is 12.1. The Morgan fingerprint density at radius 2 is 1.83 bits per heavy atom. The highest BCUT2D eigenvalue weighted by atomic mass is 32.2. The summed E-state index contributed by atoms with van der Waals surface area (Å²) < 4.78 is 42.0. The zero-order valence-corrected chi connectivity index (χ0v) is 14.0. The van der Waals surface area contributed by atoms with Crippen molar-refractivity contribution in [3.8, 4) is 0 Å². The van der Waals surface area contributed by atoms with Crippen LogP contribution >= 0.6 is 0 Å². The van der Waals surface area contributed by atoms with Gasteiger partial charge in [-0.1, -0.05) is 0 Å². The third-order valence-electron chi connectivity index (χ3n) is 3.61. The van der Waals surface area contributed by atoms with Crippen LogP contribution in [0, 0.1) is 5.82 Å². The molecule has 0 atom stereocenters. The van der Waals surface area contributed by atoms with Gasteiger partial charge in [0.1, 0.15) is 10.8 Å². The topological polar surface area (TPSA) is 72.5 Å². The molecule has 0 bridgehead atoms. The highest BCUT2D eigenvalue weighted by molar-refractivity contribution is 7.94. The van der Waals surface area contributed by atoms with Crippen LogP contribution in [0.15, 0.2) is 40.4 Å². The maximum atomic E-state index is 13.2.